The molecule has 0 bridgehead atoms. The van der Waals surface area contributed by atoms with Crippen molar-refractivity contribution in [3.05, 3.63) is 41.5 Å². The Morgan fingerprint density at radius 2 is 1.92 bits per heavy atom. The molecule has 0 spiro atoms. The van der Waals surface area contributed by atoms with Gasteiger partial charge < -0.3 is 0 Å². The molecule has 0 fully saturated rings. The Balaban J connectivity index is 2.91. The SMILES string of the molecule is CC=C(CC)c1ccc(CCl)cc1. The second-order valence-corrected chi connectivity index (χ2v) is 3.27. The van der Waals surface area contributed by atoms with Gasteiger partial charge in [0.2, 0.25) is 0 Å². The van der Waals surface area contributed by atoms with Gasteiger partial charge in [0, 0.05) is 5.88 Å². The van der Waals surface area contributed by atoms with E-state index in [1.165, 1.54) is 16.7 Å². The Bertz CT molecular complexity index is 282. The average molecular weight is 195 g/mol. The first-order valence-electron chi connectivity index (χ1n) is 4.62. The summed E-state index contributed by atoms with van der Waals surface area (Å²) in [5.41, 5.74) is 3.87. The largest absolute Gasteiger partial charge is 0.122 e. The van der Waals surface area contributed by atoms with E-state index >= 15 is 0 Å². The summed E-state index contributed by atoms with van der Waals surface area (Å²) in [6, 6.07) is 8.44. The van der Waals surface area contributed by atoms with Gasteiger partial charge in [0.25, 0.3) is 0 Å². The number of halogens is 1. The van der Waals surface area contributed by atoms with Crippen LogP contribution < -0.4 is 0 Å². The first-order valence-corrected chi connectivity index (χ1v) is 5.15. The van der Waals surface area contributed by atoms with E-state index in [1.54, 1.807) is 0 Å². The number of hydrogen-bond acceptors (Lipinski definition) is 0. The highest BCUT2D eigenvalue weighted by Gasteiger charge is 1.97. The lowest BCUT2D eigenvalue weighted by atomic mass is 10.0. The highest BCUT2D eigenvalue weighted by Crippen LogP contribution is 2.18. The minimum absolute atomic E-state index is 0.595. The smallest absolute Gasteiger partial charge is 0.0474 e. The Labute approximate surface area is 85.2 Å². The highest BCUT2D eigenvalue weighted by molar-refractivity contribution is 6.17. The standard InChI is InChI=1S/C12H15Cl/c1-3-11(4-2)12-7-5-10(9-13)6-8-12/h3,5-8H,4,9H2,1-2H3. The molecular weight excluding hydrogens is 180 g/mol. The van der Waals surface area contributed by atoms with E-state index in [4.69, 9.17) is 11.6 Å². The molecule has 0 atom stereocenters. The molecule has 0 aliphatic rings. The highest BCUT2D eigenvalue weighted by atomic mass is 35.5. The lowest BCUT2D eigenvalue weighted by Crippen LogP contribution is -1.83. The van der Waals surface area contributed by atoms with Gasteiger partial charge in [0.1, 0.15) is 0 Å². The Morgan fingerprint density at radius 3 is 2.31 bits per heavy atom. The first kappa shape index (κ1) is 10.3. The van der Waals surface area contributed by atoms with E-state index in [9.17, 15) is 0 Å². The topological polar surface area (TPSA) is 0 Å². The summed E-state index contributed by atoms with van der Waals surface area (Å²) < 4.78 is 0. The van der Waals surface area contributed by atoms with Crippen LogP contribution in [-0.2, 0) is 5.88 Å². The van der Waals surface area contributed by atoms with Crippen LogP contribution in [0.15, 0.2) is 30.3 Å². The van der Waals surface area contributed by atoms with Gasteiger partial charge in [-0.1, -0.05) is 37.3 Å². The third-order valence-corrected chi connectivity index (χ3v) is 2.52. The average Bonchev–Trinajstić information content (AvgIpc) is 2.21. The molecule has 0 aliphatic carbocycles. The molecule has 70 valence electrons. The van der Waals surface area contributed by atoms with Crippen molar-refractivity contribution in [1.82, 2.24) is 0 Å². The zero-order valence-corrected chi connectivity index (χ0v) is 8.93. The van der Waals surface area contributed by atoms with Crippen molar-refractivity contribution in [3.63, 3.8) is 0 Å². The fourth-order valence-electron chi connectivity index (χ4n) is 1.38. The molecule has 0 unspecified atom stereocenters. The normalized spacial score (nSPS) is 11.8. The van der Waals surface area contributed by atoms with Gasteiger partial charge in [0.05, 0.1) is 0 Å². The Kier molecular flexibility index (Phi) is 4.04. The van der Waals surface area contributed by atoms with Crippen LogP contribution >= 0.6 is 11.6 Å². The molecular formula is C12H15Cl. The summed E-state index contributed by atoms with van der Waals surface area (Å²) in [4.78, 5) is 0. The van der Waals surface area contributed by atoms with Crippen molar-refractivity contribution in [2.24, 2.45) is 0 Å². The van der Waals surface area contributed by atoms with Gasteiger partial charge in [-0.15, -0.1) is 11.6 Å². The van der Waals surface area contributed by atoms with Gasteiger partial charge in [-0.25, -0.2) is 0 Å². The van der Waals surface area contributed by atoms with Crippen LogP contribution in [0, 0.1) is 0 Å². The van der Waals surface area contributed by atoms with Crippen LogP contribution in [-0.4, -0.2) is 0 Å². The van der Waals surface area contributed by atoms with Crippen LogP contribution in [0.2, 0.25) is 0 Å². The maximum absolute atomic E-state index is 5.71. The van der Waals surface area contributed by atoms with E-state index in [2.05, 4.69) is 44.2 Å². The molecule has 0 amide bonds. The summed E-state index contributed by atoms with van der Waals surface area (Å²) in [7, 11) is 0. The molecule has 0 saturated carbocycles. The van der Waals surface area contributed by atoms with Gasteiger partial charge >= 0.3 is 0 Å². The van der Waals surface area contributed by atoms with Gasteiger partial charge in [0.15, 0.2) is 0 Å². The molecule has 13 heavy (non-hydrogen) atoms. The Hall–Kier alpha value is -0.750. The fraction of sp³-hybridized carbons (Fsp3) is 0.333. The minimum atomic E-state index is 0.595. The van der Waals surface area contributed by atoms with Crippen molar-refractivity contribution >= 4 is 17.2 Å². The zero-order valence-electron chi connectivity index (χ0n) is 8.18. The summed E-state index contributed by atoms with van der Waals surface area (Å²) in [6.45, 7) is 4.25. The van der Waals surface area contributed by atoms with Crippen molar-refractivity contribution in [2.75, 3.05) is 0 Å². The van der Waals surface area contributed by atoms with E-state index < -0.39 is 0 Å². The maximum Gasteiger partial charge on any atom is 0.0474 e. The monoisotopic (exact) mass is 194 g/mol. The van der Waals surface area contributed by atoms with Crippen LogP contribution in [0.25, 0.3) is 5.57 Å². The predicted octanol–water partition coefficient (Wildman–Crippen LogP) is 4.24. The fourth-order valence-corrected chi connectivity index (χ4v) is 1.56. The number of alkyl halides is 1. The van der Waals surface area contributed by atoms with Gasteiger partial charge in [-0.3, -0.25) is 0 Å². The van der Waals surface area contributed by atoms with Crippen molar-refractivity contribution < 1.29 is 0 Å². The van der Waals surface area contributed by atoms with Gasteiger partial charge in [-0.05, 0) is 30.0 Å². The van der Waals surface area contributed by atoms with Crippen molar-refractivity contribution in [1.29, 1.82) is 0 Å². The molecule has 1 aromatic rings. The van der Waals surface area contributed by atoms with Crippen LogP contribution in [0.5, 0.6) is 0 Å². The van der Waals surface area contributed by atoms with Crippen LogP contribution in [0.4, 0.5) is 0 Å². The summed E-state index contributed by atoms with van der Waals surface area (Å²) in [5.74, 6) is 0.595. The lowest BCUT2D eigenvalue weighted by molar-refractivity contribution is 1.23. The molecule has 1 heteroatoms. The lowest BCUT2D eigenvalue weighted by Gasteiger charge is -2.04. The predicted molar refractivity (Wildman–Crippen MR) is 59.9 cm³/mol. The van der Waals surface area contributed by atoms with E-state index in [0.29, 0.717) is 5.88 Å². The second-order valence-electron chi connectivity index (χ2n) is 3.00. The first-order chi connectivity index (χ1) is 6.31. The third kappa shape index (κ3) is 2.60. The van der Waals surface area contributed by atoms with Crippen LogP contribution in [0.3, 0.4) is 0 Å². The molecule has 1 aromatic carbocycles. The maximum atomic E-state index is 5.71. The second kappa shape index (κ2) is 5.08. The van der Waals surface area contributed by atoms with E-state index in [-0.39, 0.29) is 0 Å². The number of benzene rings is 1. The molecule has 0 nitrogen and oxygen atoms in total. The van der Waals surface area contributed by atoms with Crippen molar-refractivity contribution in [2.45, 2.75) is 26.1 Å². The number of rotatable bonds is 3. The third-order valence-electron chi connectivity index (χ3n) is 2.21. The summed E-state index contributed by atoms with van der Waals surface area (Å²) >= 11 is 5.71. The summed E-state index contributed by atoms with van der Waals surface area (Å²) in [5, 5.41) is 0. The quantitative estimate of drug-likeness (QED) is 0.632. The molecule has 0 heterocycles. The summed E-state index contributed by atoms with van der Waals surface area (Å²) in [6.07, 6.45) is 3.24. The Morgan fingerprint density at radius 1 is 1.31 bits per heavy atom. The minimum Gasteiger partial charge on any atom is -0.122 e. The number of allylic oxidation sites excluding steroid dienone is 2. The van der Waals surface area contributed by atoms with Crippen LogP contribution in [0.1, 0.15) is 31.4 Å². The molecule has 0 aromatic heterocycles. The zero-order chi connectivity index (χ0) is 9.68. The van der Waals surface area contributed by atoms with E-state index in [0.717, 1.165) is 6.42 Å². The molecule has 0 N–H and O–H groups in total. The molecule has 0 radical (unpaired) electrons. The molecule has 1 rings (SSSR count). The van der Waals surface area contributed by atoms with Gasteiger partial charge in [-0.2, -0.15) is 0 Å². The van der Waals surface area contributed by atoms with Crippen molar-refractivity contribution in [3.8, 4) is 0 Å². The number of hydrogen-bond donors (Lipinski definition) is 0. The molecule has 0 saturated heterocycles. The van der Waals surface area contributed by atoms with E-state index in [1.807, 2.05) is 0 Å². The molecule has 0 aliphatic heterocycles.